The fourth-order valence-electron chi connectivity index (χ4n) is 11.7. The van der Waals surface area contributed by atoms with E-state index in [2.05, 4.69) is 202 Å². The monoisotopic (exact) mass is 870 g/mol. The minimum absolute atomic E-state index is 0.644. The van der Waals surface area contributed by atoms with Crippen LogP contribution < -0.4 is 0 Å². The first-order chi connectivity index (χ1) is 33.2. The van der Waals surface area contributed by atoms with Gasteiger partial charge in [0, 0.05) is 58.9 Å². The van der Waals surface area contributed by atoms with E-state index in [9.17, 15) is 5.26 Å². The number of rotatable bonds is 3. The van der Waals surface area contributed by atoms with Gasteiger partial charge in [0.15, 0.2) is 0 Å². The Morgan fingerprint density at radius 3 is 1.31 bits per heavy atom. The second kappa shape index (κ2) is 13.4. The van der Waals surface area contributed by atoms with Crippen LogP contribution in [0.15, 0.2) is 216 Å². The van der Waals surface area contributed by atoms with Crippen molar-refractivity contribution in [1.82, 2.24) is 23.7 Å². The number of nitrogens with zero attached hydrogens (tertiary/aromatic N) is 6. The van der Waals surface area contributed by atoms with Gasteiger partial charge in [-0.05, 0) is 96.1 Å². The van der Waals surface area contributed by atoms with Crippen molar-refractivity contribution in [3.63, 3.8) is 0 Å². The van der Waals surface area contributed by atoms with Crippen LogP contribution in [-0.2, 0) is 5.41 Å². The predicted molar refractivity (Wildman–Crippen MR) is 271 cm³/mol. The van der Waals surface area contributed by atoms with E-state index in [0.717, 1.165) is 83.4 Å². The van der Waals surface area contributed by atoms with E-state index in [0.29, 0.717) is 5.56 Å². The normalized spacial score (nSPS) is 13.4. The molecule has 0 unspecified atom stereocenters. The van der Waals surface area contributed by atoms with E-state index in [1.165, 1.54) is 42.5 Å². The van der Waals surface area contributed by atoms with Gasteiger partial charge in [0.05, 0.1) is 85.3 Å². The molecule has 7 heteroatoms. The minimum atomic E-state index is -0.825. The summed E-state index contributed by atoms with van der Waals surface area (Å²) in [4.78, 5) is 13.4. The summed E-state index contributed by atoms with van der Waals surface area (Å²) in [5, 5.41) is 17.0. The number of para-hydroxylation sites is 5. The average Bonchev–Trinajstić information content (AvgIpc) is 4.10. The standard InChI is InChI=1S/C60H34N6S/c61-33-36-25-27-55-45(29-36)44-17-5-11-23-54(44)64(55)37-26-28-57-47(30-37)60(46-18-6-12-24-56(46)67-57)48-31-38(65-50-19-7-1-13-40(50)41-14-2-8-20-51(41)65)34-62-58(48)59-49(60)32-39(35-63-59)66-52-21-9-3-15-42(52)43-16-4-10-22-53(43)66/h1-32,34-35H. The molecule has 5 aromatic heterocycles. The van der Waals surface area contributed by atoms with Crippen LogP contribution in [0.2, 0.25) is 0 Å². The molecule has 0 N–H and O–H groups in total. The third kappa shape index (κ3) is 4.79. The molecule has 0 amide bonds. The Morgan fingerprint density at radius 1 is 0.373 bits per heavy atom. The summed E-state index contributed by atoms with van der Waals surface area (Å²) in [6, 6.07) is 72.4. The highest BCUT2D eigenvalue weighted by atomic mass is 32.2. The molecule has 13 aromatic rings. The van der Waals surface area contributed by atoms with E-state index >= 15 is 0 Å². The molecule has 15 rings (SSSR count). The molecule has 0 fully saturated rings. The van der Waals surface area contributed by atoms with Crippen LogP contribution in [-0.4, -0.2) is 23.7 Å². The zero-order valence-electron chi connectivity index (χ0n) is 35.7. The van der Waals surface area contributed by atoms with Crippen molar-refractivity contribution in [2.45, 2.75) is 15.2 Å². The fraction of sp³-hybridized carbons (Fsp3) is 0.0167. The summed E-state index contributed by atoms with van der Waals surface area (Å²) in [5.41, 5.74) is 15.9. The van der Waals surface area contributed by atoms with Gasteiger partial charge in [-0.1, -0.05) is 121 Å². The lowest BCUT2D eigenvalue weighted by atomic mass is 9.67. The lowest BCUT2D eigenvalue weighted by molar-refractivity contribution is 0.717. The Bertz CT molecular complexity index is 4080. The number of benzene rings is 8. The summed E-state index contributed by atoms with van der Waals surface area (Å²) in [7, 11) is 0. The SMILES string of the molecule is N#Cc1ccc2c(c1)c1ccccc1n2-c1ccc2c(c1)C1(c3ccccc3S2)c2cc(-n3c4ccccc4c4ccccc43)cnc2-c2ncc(-n3c4ccccc4c4ccccc43)cc21. The molecule has 6 nitrogen and oxygen atoms in total. The van der Waals surface area contributed by atoms with Crippen molar-refractivity contribution in [2.24, 2.45) is 0 Å². The summed E-state index contributed by atoms with van der Waals surface area (Å²) in [6.07, 6.45) is 4.08. The molecule has 0 saturated heterocycles. The molecule has 67 heavy (non-hydrogen) atoms. The number of aromatic nitrogens is 5. The van der Waals surface area contributed by atoms with Crippen molar-refractivity contribution in [1.29, 1.82) is 5.26 Å². The Morgan fingerprint density at radius 2 is 0.791 bits per heavy atom. The smallest absolute Gasteiger partial charge is 0.0991 e. The Hall–Kier alpha value is -8.70. The molecule has 1 aliphatic heterocycles. The molecule has 1 spiro atoms. The number of hydrogen-bond donors (Lipinski definition) is 0. The zero-order chi connectivity index (χ0) is 44.0. The van der Waals surface area contributed by atoms with Gasteiger partial charge in [-0.2, -0.15) is 5.26 Å². The van der Waals surface area contributed by atoms with Crippen LogP contribution in [0.5, 0.6) is 0 Å². The first-order valence-corrected chi connectivity index (χ1v) is 23.3. The molecule has 0 bridgehead atoms. The predicted octanol–water partition coefficient (Wildman–Crippen LogP) is 14.5. The van der Waals surface area contributed by atoms with Crippen molar-refractivity contribution in [2.75, 3.05) is 0 Å². The van der Waals surface area contributed by atoms with E-state index in [4.69, 9.17) is 9.97 Å². The summed E-state index contributed by atoms with van der Waals surface area (Å²) < 4.78 is 7.11. The van der Waals surface area contributed by atoms with Gasteiger partial charge in [-0.3, -0.25) is 9.97 Å². The Kier molecular flexibility index (Phi) is 7.34. The maximum Gasteiger partial charge on any atom is 0.0991 e. The number of nitriles is 1. The molecule has 0 saturated carbocycles. The Balaban J connectivity index is 1.07. The van der Waals surface area contributed by atoms with Gasteiger partial charge in [0.1, 0.15) is 0 Å². The molecule has 310 valence electrons. The first-order valence-electron chi connectivity index (χ1n) is 22.5. The largest absolute Gasteiger partial charge is 0.309 e. The molecular weight excluding hydrogens is 837 g/mol. The van der Waals surface area contributed by atoms with Crippen LogP contribution in [0, 0.1) is 11.3 Å². The number of pyridine rings is 2. The van der Waals surface area contributed by atoms with E-state index in [1.807, 2.05) is 36.3 Å². The maximum absolute atomic E-state index is 9.98. The average molecular weight is 871 g/mol. The molecule has 0 radical (unpaired) electrons. The van der Waals surface area contributed by atoms with Crippen LogP contribution in [0.4, 0.5) is 0 Å². The van der Waals surface area contributed by atoms with E-state index in [1.54, 1.807) is 0 Å². The maximum atomic E-state index is 9.98. The van der Waals surface area contributed by atoms with Crippen LogP contribution in [0.1, 0.15) is 27.8 Å². The molecule has 1 aliphatic carbocycles. The van der Waals surface area contributed by atoms with Gasteiger partial charge >= 0.3 is 0 Å². The lowest BCUT2D eigenvalue weighted by Gasteiger charge is -2.39. The second-order valence-corrected chi connectivity index (χ2v) is 18.7. The quantitative estimate of drug-likeness (QED) is 0.177. The Labute approximate surface area is 388 Å². The van der Waals surface area contributed by atoms with Gasteiger partial charge in [0.25, 0.3) is 0 Å². The third-order valence-corrected chi connectivity index (χ3v) is 15.5. The van der Waals surface area contributed by atoms with E-state index in [-0.39, 0.29) is 0 Å². The first kappa shape index (κ1) is 36.6. The van der Waals surface area contributed by atoms with Crippen LogP contribution in [0.3, 0.4) is 0 Å². The highest BCUT2D eigenvalue weighted by Gasteiger charge is 2.52. The van der Waals surface area contributed by atoms with Crippen LogP contribution >= 0.6 is 11.8 Å². The highest BCUT2D eigenvalue weighted by Crippen LogP contribution is 2.62. The van der Waals surface area contributed by atoms with Gasteiger partial charge in [-0.25, -0.2) is 0 Å². The lowest BCUT2D eigenvalue weighted by Crippen LogP contribution is -2.32. The molecular formula is C60H34N6S. The summed E-state index contributed by atoms with van der Waals surface area (Å²) >= 11 is 1.83. The van der Waals surface area contributed by atoms with Crippen molar-refractivity contribution < 1.29 is 0 Å². The summed E-state index contributed by atoms with van der Waals surface area (Å²) in [5.74, 6) is 0. The fourth-order valence-corrected chi connectivity index (χ4v) is 12.9. The van der Waals surface area contributed by atoms with Gasteiger partial charge in [0.2, 0.25) is 0 Å². The zero-order valence-corrected chi connectivity index (χ0v) is 36.5. The molecule has 0 atom stereocenters. The highest BCUT2D eigenvalue weighted by molar-refractivity contribution is 7.99. The summed E-state index contributed by atoms with van der Waals surface area (Å²) in [6.45, 7) is 0. The van der Waals surface area contributed by atoms with Crippen molar-refractivity contribution in [3.05, 3.63) is 234 Å². The van der Waals surface area contributed by atoms with Crippen molar-refractivity contribution in [3.8, 4) is 34.5 Å². The molecule has 6 heterocycles. The van der Waals surface area contributed by atoms with E-state index < -0.39 is 5.41 Å². The van der Waals surface area contributed by atoms with Crippen molar-refractivity contribution >= 4 is 77.2 Å². The van der Waals surface area contributed by atoms with Crippen LogP contribution in [0.25, 0.3) is 93.9 Å². The van der Waals surface area contributed by atoms with Gasteiger partial charge in [-0.15, -0.1) is 0 Å². The number of hydrogen-bond acceptors (Lipinski definition) is 4. The topological polar surface area (TPSA) is 64.4 Å². The third-order valence-electron chi connectivity index (χ3n) is 14.4. The molecule has 8 aromatic carbocycles. The number of fused-ring (bicyclic) bond motifs is 18. The molecule has 2 aliphatic rings. The second-order valence-electron chi connectivity index (χ2n) is 17.6. The minimum Gasteiger partial charge on any atom is -0.309 e. The van der Waals surface area contributed by atoms with Gasteiger partial charge < -0.3 is 13.7 Å².